The third-order valence-electron chi connectivity index (χ3n) is 5.03. The maximum Gasteiger partial charge on any atom is 0.486 e. The van der Waals surface area contributed by atoms with Crippen LogP contribution in [-0.2, 0) is 9.31 Å². The highest BCUT2D eigenvalue weighted by molar-refractivity contribution is 6.51. The zero-order valence-electron chi connectivity index (χ0n) is 12.9. The normalized spacial score (nSPS) is 28.1. The van der Waals surface area contributed by atoms with Crippen LogP contribution in [0.2, 0.25) is 0 Å². The summed E-state index contributed by atoms with van der Waals surface area (Å²) in [5.41, 5.74) is -0.197. The van der Waals surface area contributed by atoms with E-state index in [0.717, 1.165) is 6.42 Å². The quantitative estimate of drug-likeness (QED) is 0.555. The van der Waals surface area contributed by atoms with E-state index in [1.54, 1.807) is 0 Å². The van der Waals surface area contributed by atoms with E-state index in [2.05, 4.69) is 46.3 Å². The van der Waals surface area contributed by atoms with Crippen molar-refractivity contribution < 1.29 is 9.31 Å². The van der Waals surface area contributed by atoms with Gasteiger partial charge in [-0.1, -0.05) is 31.0 Å². The summed E-state index contributed by atoms with van der Waals surface area (Å²) in [6, 6.07) is 0. The fourth-order valence-corrected chi connectivity index (χ4v) is 3.06. The molecule has 0 atom stereocenters. The van der Waals surface area contributed by atoms with E-state index in [1.807, 2.05) is 6.08 Å². The summed E-state index contributed by atoms with van der Waals surface area (Å²) >= 11 is 0. The molecule has 0 radical (unpaired) electrons. The second kappa shape index (κ2) is 5.10. The Bertz CT molecular complexity index is 349. The molecule has 1 aliphatic carbocycles. The van der Waals surface area contributed by atoms with E-state index in [0.29, 0.717) is 5.41 Å². The van der Waals surface area contributed by atoms with Gasteiger partial charge in [0, 0.05) is 0 Å². The maximum absolute atomic E-state index is 6.01. The van der Waals surface area contributed by atoms with Gasteiger partial charge in [-0.25, -0.2) is 0 Å². The molecule has 0 aromatic heterocycles. The van der Waals surface area contributed by atoms with Gasteiger partial charge in [0.25, 0.3) is 0 Å². The average Bonchev–Trinajstić information content (AvgIpc) is 2.81. The Labute approximate surface area is 118 Å². The molecule has 0 aromatic rings. The topological polar surface area (TPSA) is 18.5 Å². The van der Waals surface area contributed by atoms with Gasteiger partial charge in [0.15, 0.2) is 0 Å². The Morgan fingerprint density at radius 2 is 1.58 bits per heavy atom. The van der Waals surface area contributed by atoms with Gasteiger partial charge in [0.05, 0.1) is 11.2 Å². The number of hydrogen-bond donors (Lipinski definition) is 0. The van der Waals surface area contributed by atoms with Crippen LogP contribution in [0.4, 0.5) is 0 Å². The Hall–Kier alpha value is -0.535. The lowest BCUT2D eigenvalue weighted by molar-refractivity contribution is 0.00578. The van der Waals surface area contributed by atoms with Crippen LogP contribution in [0.1, 0.15) is 59.8 Å². The van der Waals surface area contributed by atoms with Crippen molar-refractivity contribution in [3.8, 4) is 0 Å². The second-order valence-corrected chi connectivity index (χ2v) is 7.05. The van der Waals surface area contributed by atoms with Gasteiger partial charge in [0.1, 0.15) is 0 Å². The molecular weight excluding hydrogens is 235 g/mol. The third-order valence-corrected chi connectivity index (χ3v) is 5.03. The molecule has 1 heterocycles. The van der Waals surface area contributed by atoms with Crippen molar-refractivity contribution in [3.05, 3.63) is 24.7 Å². The Morgan fingerprint density at radius 3 is 2.05 bits per heavy atom. The predicted octanol–water partition coefficient (Wildman–Crippen LogP) is 4.31. The van der Waals surface area contributed by atoms with Gasteiger partial charge in [-0.05, 0) is 52.4 Å². The van der Waals surface area contributed by atoms with Crippen molar-refractivity contribution in [2.75, 3.05) is 0 Å². The highest BCUT2D eigenvalue weighted by Crippen LogP contribution is 2.43. The summed E-state index contributed by atoms with van der Waals surface area (Å²) in [7, 11) is -0.215. The van der Waals surface area contributed by atoms with Crippen LogP contribution in [0.3, 0.4) is 0 Å². The van der Waals surface area contributed by atoms with Crippen LogP contribution >= 0.6 is 0 Å². The van der Waals surface area contributed by atoms with E-state index in [1.165, 1.54) is 25.7 Å². The molecule has 1 aliphatic heterocycles. The molecule has 0 unspecified atom stereocenters. The van der Waals surface area contributed by atoms with E-state index in [9.17, 15) is 0 Å². The number of rotatable bonds is 4. The first kappa shape index (κ1) is 14.9. The number of hydrogen-bond acceptors (Lipinski definition) is 2. The predicted molar refractivity (Wildman–Crippen MR) is 80.9 cm³/mol. The Balaban J connectivity index is 2.05. The lowest BCUT2D eigenvalue weighted by Gasteiger charge is -2.32. The molecule has 2 aliphatic rings. The average molecular weight is 262 g/mol. The van der Waals surface area contributed by atoms with Crippen LogP contribution in [0.15, 0.2) is 24.7 Å². The van der Waals surface area contributed by atoms with Crippen molar-refractivity contribution in [3.63, 3.8) is 0 Å². The molecule has 19 heavy (non-hydrogen) atoms. The van der Waals surface area contributed by atoms with Crippen LogP contribution in [-0.4, -0.2) is 18.3 Å². The lowest BCUT2D eigenvalue weighted by atomic mass is 9.78. The summed E-state index contributed by atoms with van der Waals surface area (Å²) in [6.07, 6.45) is 10.6. The first-order chi connectivity index (χ1) is 8.80. The van der Waals surface area contributed by atoms with Crippen molar-refractivity contribution in [1.82, 2.24) is 0 Å². The summed E-state index contributed by atoms with van der Waals surface area (Å²) in [6.45, 7) is 12.3. The van der Waals surface area contributed by atoms with Crippen molar-refractivity contribution in [2.24, 2.45) is 5.41 Å². The van der Waals surface area contributed by atoms with Crippen molar-refractivity contribution in [1.29, 1.82) is 0 Å². The van der Waals surface area contributed by atoms with E-state index >= 15 is 0 Å². The zero-order chi connectivity index (χ0) is 14.1. The first-order valence-corrected chi connectivity index (χ1v) is 7.46. The molecular formula is C16H27BO2. The van der Waals surface area contributed by atoms with Crippen LogP contribution in [0.5, 0.6) is 0 Å². The molecule has 2 rings (SSSR count). The number of allylic oxidation sites excluding steroid dienone is 2. The van der Waals surface area contributed by atoms with Gasteiger partial charge in [0.2, 0.25) is 0 Å². The molecule has 106 valence electrons. The van der Waals surface area contributed by atoms with E-state index in [4.69, 9.17) is 9.31 Å². The minimum Gasteiger partial charge on any atom is -0.400 e. The standard InChI is InChI=1S/C16H27BO2/c1-6-9-16(10-7-8-11-16)12-13-17-18-14(2,3)15(4,5)19-17/h6,12-13H,1,7-11H2,2-5H3/b13-12+. The summed E-state index contributed by atoms with van der Waals surface area (Å²) in [4.78, 5) is 0. The molecule has 0 amide bonds. The third kappa shape index (κ3) is 2.98. The fourth-order valence-electron chi connectivity index (χ4n) is 3.06. The zero-order valence-corrected chi connectivity index (χ0v) is 12.9. The van der Waals surface area contributed by atoms with Gasteiger partial charge in [-0.2, -0.15) is 0 Å². The molecule has 0 bridgehead atoms. The molecule has 1 saturated heterocycles. The van der Waals surface area contributed by atoms with E-state index in [-0.39, 0.29) is 18.3 Å². The molecule has 0 N–H and O–H groups in total. The fraction of sp³-hybridized carbons (Fsp3) is 0.750. The molecule has 1 saturated carbocycles. The molecule has 2 nitrogen and oxygen atoms in total. The van der Waals surface area contributed by atoms with Crippen LogP contribution < -0.4 is 0 Å². The Kier molecular flexibility index (Phi) is 3.99. The van der Waals surface area contributed by atoms with Crippen LogP contribution in [0, 0.1) is 5.41 Å². The van der Waals surface area contributed by atoms with Gasteiger partial charge in [-0.15, -0.1) is 6.58 Å². The largest absolute Gasteiger partial charge is 0.486 e. The summed E-state index contributed by atoms with van der Waals surface area (Å²) in [5, 5.41) is 0. The highest BCUT2D eigenvalue weighted by atomic mass is 16.7. The lowest BCUT2D eigenvalue weighted by Crippen LogP contribution is -2.41. The van der Waals surface area contributed by atoms with Crippen molar-refractivity contribution in [2.45, 2.75) is 71.0 Å². The van der Waals surface area contributed by atoms with E-state index < -0.39 is 0 Å². The summed E-state index contributed by atoms with van der Waals surface area (Å²) < 4.78 is 12.0. The summed E-state index contributed by atoms with van der Waals surface area (Å²) in [5.74, 6) is 2.12. The second-order valence-electron chi connectivity index (χ2n) is 7.05. The molecule has 2 fully saturated rings. The maximum atomic E-state index is 6.01. The minimum atomic E-state index is -0.247. The van der Waals surface area contributed by atoms with Gasteiger partial charge in [-0.3, -0.25) is 0 Å². The highest BCUT2D eigenvalue weighted by Gasteiger charge is 2.50. The van der Waals surface area contributed by atoms with Crippen molar-refractivity contribution >= 4 is 7.12 Å². The SMILES string of the molecule is C=CCC1(/C=C/B2OC(C)(C)C(C)(C)O2)CCCC1. The Morgan fingerprint density at radius 1 is 1.05 bits per heavy atom. The minimum absolute atomic E-state index is 0.215. The van der Waals surface area contributed by atoms with Gasteiger partial charge < -0.3 is 9.31 Å². The molecule has 3 heteroatoms. The monoisotopic (exact) mass is 262 g/mol. The van der Waals surface area contributed by atoms with Gasteiger partial charge >= 0.3 is 7.12 Å². The molecule has 0 aromatic carbocycles. The molecule has 0 spiro atoms. The van der Waals surface area contributed by atoms with Crippen LogP contribution in [0.25, 0.3) is 0 Å². The smallest absolute Gasteiger partial charge is 0.400 e. The first-order valence-electron chi connectivity index (χ1n) is 7.46.